The molecule has 0 saturated carbocycles. The van der Waals surface area contributed by atoms with Crippen molar-refractivity contribution in [3.8, 4) is 0 Å². The summed E-state index contributed by atoms with van der Waals surface area (Å²) in [6.45, 7) is 0. The van der Waals surface area contributed by atoms with E-state index >= 15 is 0 Å². The van der Waals surface area contributed by atoms with E-state index < -0.39 is 50.8 Å². The summed E-state index contributed by atoms with van der Waals surface area (Å²) in [5.41, 5.74) is -9.46. The minimum atomic E-state index is -4.93. The molecule has 0 amide bonds. The lowest BCUT2D eigenvalue weighted by molar-refractivity contribution is -0.0359. The summed E-state index contributed by atoms with van der Waals surface area (Å²) in [5, 5.41) is 0. The maximum atomic E-state index is 12.6. The van der Waals surface area contributed by atoms with Gasteiger partial charge in [-0.1, -0.05) is 24.3 Å². The third kappa shape index (κ3) is 3.88. The predicted octanol–water partition coefficient (Wildman–Crippen LogP) is 5.02. The van der Waals surface area contributed by atoms with E-state index in [1.807, 2.05) is 0 Å². The first-order valence-electron chi connectivity index (χ1n) is 5.69. The van der Waals surface area contributed by atoms with Gasteiger partial charge in [-0.2, -0.15) is 26.3 Å². The largest absolute Gasteiger partial charge is 0.443 e. The molecule has 0 aliphatic heterocycles. The fourth-order valence-electron chi connectivity index (χ4n) is 2.17. The van der Waals surface area contributed by atoms with Crippen molar-refractivity contribution in [2.75, 3.05) is 0 Å². The highest BCUT2D eigenvalue weighted by Gasteiger charge is 2.56. The van der Waals surface area contributed by atoms with Gasteiger partial charge >= 0.3 is 11.0 Å². The molecule has 1 nitrogen and oxygen atoms in total. The van der Waals surface area contributed by atoms with Gasteiger partial charge in [0, 0.05) is 5.56 Å². The van der Waals surface area contributed by atoms with Crippen molar-refractivity contribution in [2.45, 2.75) is 27.9 Å². The number of benzene rings is 1. The molecular weight excluding hydrogens is 338 g/mol. The van der Waals surface area contributed by atoms with Crippen LogP contribution in [0.1, 0.15) is 22.3 Å². The Labute approximate surface area is 124 Å². The minimum Gasteiger partial charge on any atom is -0.292 e. The van der Waals surface area contributed by atoms with Crippen LogP contribution in [0.25, 0.3) is 0 Å². The van der Waals surface area contributed by atoms with Gasteiger partial charge in [0.25, 0.3) is 0 Å². The van der Waals surface area contributed by atoms with Crippen LogP contribution in [-0.2, 0) is 6.42 Å². The summed E-state index contributed by atoms with van der Waals surface area (Å²) in [7, 11) is 0. The Balaban J connectivity index is 2.45. The minimum absolute atomic E-state index is 0.00588. The van der Waals surface area contributed by atoms with E-state index in [2.05, 4.69) is 0 Å². The van der Waals surface area contributed by atoms with Gasteiger partial charge in [0.15, 0.2) is 5.78 Å². The van der Waals surface area contributed by atoms with Gasteiger partial charge in [-0.15, -0.1) is 0 Å². The van der Waals surface area contributed by atoms with Crippen LogP contribution in [0.5, 0.6) is 0 Å². The second-order valence-electron chi connectivity index (χ2n) is 4.33. The standard InChI is InChI=1S/C12H8F6OS2/c13-11(14,15)20-10(21-12(16,17)18)6-5-7-3-1-2-4-8(7)9(10)19/h1-4H,5-6H2. The first kappa shape index (κ1) is 16.5. The van der Waals surface area contributed by atoms with Crippen LogP contribution >= 0.6 is 23.5 Å². The van der Waals surface area contributed by atoms with Crippen molar-refractivity contribution in [3.63, 3.8) is 0 Å². The highest BCUT2D eigenvalue weighted by molar-refractivity contribution is 8.20. The molecule has 0 unspecified atom stereocenters. The summed E-state index contributed by atoms with van der Waals surface area (Å²) in [6.07, 6.45) is -0.523. The molecular formula is C12H8F6OS2. The second-order valence-corrected chi connectivity index (χ2v) is 7.32. The number of carbonyl (C=O) groups is 1. The van der Waals surface area contributed by atoms with Crippen molar-refractivity contribution in [2.24, 2.45) is 0 Å². The number of Topliss-reactive ketones (excluding diaryl/α,β-unsaturated/α-hetero) is 1. The molecule has 0 atom stereocenters. The van der Waals surface area contributed by atoms with Gasteiger partial charge in [0.05, 0.1) is 0 Å². The quantitative estimate of drug-likeness (QED) is 0.553. The molecule has 0 N–H and O–H groups in total. The summed E-state index contributed by atoms with van der Waals surface area (Å²) < 4.78 is 73.2. The zero-order valence-corrected chi connectivity index (χ0v) is 11.8. The fourth-order valence-corrected chi connectivity index (χ4v) is 4.46. The third-order valence-corrected chi connectivity index (χ3v) is 5.29. The van der Waals surface area contributed by atoms with Gasteiger partial charge < -0.3 is 0 Å². The number of alkyl halides is 6. The van der Waals surface area contributed by atoms with Crippen LogP contribution in [0.4, 0.5) is 26.3 Å². The molecule has 116 valence electrons. The van der Waals surface area contributed by atoms with Gasteiger partial charge in [-0.25, -0.2) is 0 Å². The Bertz CT molecular complexity index is 535. The monoisotopic (exact) mass is 346 g/mol. The number of halogens is 6. The Morgan fingerprint density at radius 2 is 1.48 bits per heavy atom. The first-order chi connectivity index (χ1) is 9.53. The predicted molar refractivity (Wildman–Crippen MR) is 69.1 cm³/mol. The Morgan fingerprint density at radius 3 is 2.00 bits per heavy atom. The van der Waals surface area contributed by atoms with E-state index in [-0.39, 0.29) is 12.0 Å². The fraction of sp³-hybridized carbons (Fsp3) is 0.417. The summed E-state index contributed by atoms with van der Waals surface area (Å²) in [4.78, 5) is 12.3. The van der Waals surface area contributed by atoms with Crippen LogP contribution in [0, 0.1) is 0 Å². The van der Waals surface area contributed by atoms with Crippen molar-refractivity contribution in [1.29, 1.82) is 0 Å². The van der Waals surface area contributed by atoms with Crippen LogP contribution in [0.2, 0.25) is 0 Å². The normalized spacial score (nSPS) is 18.5. The molecule has 0 radical (unpaired) electrons. The van der Waals surface area contributed by atoms with Crippen molar-refractivity contribution in [1.82, 2.24) is 0 Å². The molecule has 1 aliphatic carbocycles. The number of carbonyl (C=O) groups excluding carboxylic acids is 1. The molecule has 0 saturated heterocycles. The van der Waals surface area contributed by atoms with E-state index in [0.29, 0.717) is 5.56 Å². The number of thioether (sulfide) groups is 2. The molecule has 0 aromatic heterocycles. The first-order valence-corrected chi connectivity index (χ1v) is 7.32. The van der Waals surface area contributed by atoms with Gasteiger partial charge in [-0.05, 0) is 41.9 Å². The topological polar surface area (TPSA) is 17.1 Å². The highest BCUT2D eigenvalue weighted by atomic mass is 32.2. The molecule has 9 heteroatoms. The number of hydrogen-bond acceptors (Lipinski definition) is 3. The number of ketones is 1. The zero-order chi connectivity index (χ0) is 15.9. The van der Waals surface area contributed by atoms with E-state index in [0.717, 1.165) is 0 Å². The van der Waals surface area contributed by atoms with Crippen LogP contribution < -0.4 is 0 Å². The Morgan fingerprint density at radius 1 is 0.952 bits per heavy atom. The van der Waals surface area contributed by atoms with Gasteiger partial charge in [0.2, 0.25) is 0 Å². The molecule has 2 rings (SSSR count). The molecule has 21 heavy (non-hydrogen) atoms. The smallest absolute Gasteiger partial charge is 0.292 e. The summed E-state index contributed by atoms with van der Waals surface area (Å²) >= 11 is -1.77. The van der Waals surface area contributed by atoms with Crippen LogP contribution in [0.3, 0.4) is 0 Å². The summed E-state index contributed by atoms with van der Waals surface area (Å²) in [6, 6.07) is 5.81. The summed E-state index contributed by atoms with van der Waals surface area (Å²) in [5.74, 6) is -1.13. The van der Waals surface area contributed by atoms with Crippen molar-refractivity contribution in [3.05, 3.63) is 35.4 Å². The van der Waals surface area contributed by atoms with Crippen molar-refractivity contribution >= 4 is 29.3 Å². The van der Waals surface area contributed by atoms with E-state index in [9.17, 15) is 31.1 Å². The molecule has 0 spiro atoms. The molecule has 1 aliphatic rings. The average Bonchev–Trinajstić information content (AvgIpc) is 2.30. The maximum absolute atomic E-state index is 12.6. The lowest BCUT2D eigenvalue weighted by Gasteiger charge is -2.35. The Hall–Kier alpha value is -0.830. The maximum Gasteiger partial charge on any atom is 0.443 e. The number of fused-ring (bicyclic) bond motifs is 1. The lowest BCUT2D eigenvalue weighted by atomic mass is 9.90. The Kier molecular flexibility index (Phi) is 4.27. The van der Waals surface area contributed by atoms with Gasteiger partial charge in [0.1, 0.15) is 4.08 Å². The van der Waals surface area contributed by atoms with Gasteiger partial charge in [-0.3, -0.25) is 4.79 Å². The van der Waals surface area contributed by atoms with Crippen molar-refractivity contribution < 1.29 is 31.1 Å². The lowest BCUT2D eigenvalue weighted by Crippen LogP contribution is -2.41. The van der Waals surface area contributed by atoms with E-state index in [1.165, 1.54) is 18.2 Å². The van der Waals surface area contributed by atoms with E-state index in [4.69, 9.17) is 0 Å². The molecule has 1 aromatic carbocycles. The molecule has 1 aromatic rings. The third-order valence-electron chi connectivity index (χ3n) is 2.89. The zero-order valence-electron chi connectivity index (χ0n) is 10.2. The highest BCUT2D eigenvalue weighted by Crippen LogP contribution is 2.57. The van der Waals surface area contributed by atoms with E-state index in [1.54, 1.807) is 6.07 Å². The molecule has 0 bridgehead atoms. The SMILES string of the molecule is O=C1c2ccccc2CCC1(SC(F)(F)F)SC(F)(F)F. The van der Waals surface area contributed by atoms with Crippen LogP contribution in [0.15, 0.2) is 24.3 Å². The molecule has 0 heterocycles. The number of rotatable bonds is 2. The second kappa shape index (κ2) is 5.42. The number of aryl methyl sites for hydroxylation is 1. The number of hydrogen-bond donors (Lipinski definition) is 0. The molecule has 0 fully saturated rings. The van der Waals surface area contributed by atoms with Crippen LogP contribution in [-0.4, -0.2) is 20.9 Å². The average molecular weight is 346 g/mol.